The van der Waals surface area contributed by atoms with Gasteiger partial charge in [0.1, 0.15) is 11.5 Å². The summed E-state index contributed by atoms with van der Waals surface area (Å²) in [6.45, 7) is 2.77. The topological polar surface area (TPSA) is 74.8 Å². The first-order valence-corrected chi connectivity index (χ1v) is 7.65. The highest BCUT2D eigenvalue weighted by molar-refractivity contribution is 6.18. The minimum absolute atomic E-state index is 0.0308. The van der Waals surface area contributed by atoms with Crippen molar-refractivity contribution >= 4 is 17.6 Å². The summed E-state index contributed by atoms with van der Waals surface area (Å²) in [4.78, 5) is 16.6. The van der Waals surface area contributed by atoms with E-state index in [1.807, 2.05) is 0 Å². The summed E-state index contributed by atoms with van der Waals surface area (Å²) in [6.07, 6.45) is 7.11. The molecule has 0 unspecified atom stereocenters. The van der Waals surface area contributed by atoms with Gasteiger partial charge in [-0.25, -0.2) is 0 Å². The number of aliphatic hydroxyl groups is 1. The van der Waals surface area contributed by atoms with Crippen LogP contribution >= 0.6 is 0 Å². The Kier molecular flexibility index (Phi) is 4.53. The highest BCUT2D eigenvalue weighted by Crippen LogP contribution is 2.27. The molecule has 3 rings (SSSR count). The molecule has 5 nitrogen and oxygen atoms in total. The Morgan fingerprint density at radius 1 is 1.41 bits per heavy atom. The molecule has 116 valence electrons. The minimum Gasteiger partial charge on any atom is -0.507 e. The first-order valence-electron chi connectivity index (χ1n) is 7.65. The van der Waals surface area contributed by atoms with Crippen molar-refractivity contribution in [3.63, 3.8) is 0 Å². The van der Waals surface area contributed by atoms with E-state index in [1.54, 1.807) is 24.5 Å². The van der Waals surface area contributed by atoms with Gasteiger partial charge >= 0.3 is 0 Å². The second kappa shape index (κ2) is 6.75. The van der Waals surface area contributed by atoms with Gasteiger partial charge in [-0.15, -0.1) is 0 Å². The molecule has 2 heterocycles. The van der Waals surface area contributed by atoms with E-state index in [9.17, 15) is 9.90 Å². The number of carbonyl (C=O) groups is 1. The van der Waals surface area contributed by atoms with Crippen LogP contribution in [0.2, 0.25) is 0 Å². The molecule has 5 heteroatoms. The number of carbonyl (C=O) groups excluding carboxylic acids is 1. The quantitative estimate of drug-likeness (QED) is 0.838. The van der Waals surface area contributed by atoms with E-state index in [-0.39, 0.29) is 18.0 Å². The Labute approximate surface area is 129 Å². The van der Waals surface area contributed by atoms with Crippen molar-refractivity contribution in [3.8, 4) is 0 Å². The van der Waals surface area contributed by atoms with Crippen molar-refractivity contribution in [2.45, 2.75) is 19.3 Å². The van der Waals surface area contributed by atoms with Gasteiger partial charge < -0.3 is 14.8 Å². The molecule has 22 heavy (non-hydrogen) atoms. The number of ketones is 1. The van der Waals surface area contributed by atoms with E-state index in [2.05, 4.69) is 10.3 Å². The molecule has 0 aromatic carbocycles. The van der Waals surface area contributed by atoms with Crippen LogP contribution in [0.15, 0.2) is 45.2 Å². The first kappa shape index (κ1) is 14.8. The molecule has 1 saturated heterocycles. The van der Waals surface area contributed by atoms with Crippen LogP contribution < -0.4 is 5.32 Å². The van der Waals surface area contributed by atoms with Gasteiger partial charge in [0.15, 0.2) is 5.78 Å². The second-order valence-electron chi connectivity index (χ2n) is 5.73. The third-order valence-corrected chi connectivity index (χ3v) is 4.12. The van der Waals surface area contributed by atoms with Crippen LogP contribution in [0.3, 0.4) is 0 Å². The van der Waals surface area contributed by atoms with Crippen LogP contribution in [-0.4, -0.2) is 36.7 Å². The lowest BCUT2D eigenvalue weighted by atomic mass is 9.94. The van der Waals surface area contributed by atoms with Gasteiger partial charge in [-0.05, 0) is 50.1 Å². The lowest BCUT2D eigenvalue weighted by Gasteiger charge is -2.20. The van der Waals surface area contributed by atoms with Crippen LogP contribution in [0.1, 0.15) is 25.0 Å². The number of rotatable bonds is 4. The van der Waals surface area contributed by atoms with E-state index in [4.69, 9.17) is 4.42 Å². The number of allylic oxidation sites excluding steroid dienone is 3. The van der Waals surface area contributed by atoms with Gasteiger partial charge in [0, 0.05) is 24.8 Å². The molecule has 1 aliphatic carbocycles. The Morgan fingerprint density at radius 2 is 2.23 bits per heavy atom. The minimum atomic E-state index is -0.125. The lowest BCUT2D eigenvalue weighted by molar-refractivity contribution is -0.114. The van der Waals surface area contributed by atoms with Crippen LogP contribution in [0.25, 0.3) is 5.57 Å². The zero-order chi connectivity index (χ0) is 15.4. The Morgan fingerprint density at radius 3 is 2.91 bits per heavy atom. The fourth-order valence-electron chi connectivity index (χ4n) is 2.82. The predicted octanol–water partition coefficient (Wildman–Crippen LogP) is 2.52. The van der Waals surface area contributed by atoms with Crippen LogP contribution in [0, 0.1) is 5.92 Å². The second-order valence-corrected chi connectivity index (χ2v) is 5.73. The number of nitrogens with one attached hydrogen (secondary N) is 1. The molecule has 2 aliphatic rings. The Balaban J connectivity index is 1.69. The molecular formula is C17H20N2O3. The van der Waals surface area contributed by atoms with E-state index in [1.165, 1.54) is 6.21 Å². The van der Waals surface area contributed by atoms with E-state index in [0.717, 1.165) is 25.9 Å². The Hall–Kier alpha value is -2.14. The summed E-state index contributed by atoms with van der Waals surface area (Å²) in [7, 11) is 0. The maximum Gasteiger partial charge on any atom is 0.172 e. The molecular weight excluding hydrogens is 280 g/mol. The van der Waals surface area contributed by atoms with E-state index in [0.29, 0.717) is 29.4 Å². The largest absolute Gasteiger partial charge is 0.507 e. The number of furan rings is 1. The van der Waals surface area contributed by atoms with Crippen molar-refractivity contribution in [2.75, 3.05) is 19.6 Å². The summed E-state index contributed by atoms with van der Waals surface area (Å²) in [5.41, 5.74) is 0.993. The van der Waals surface area contributed by atoms with Crippen molar-refractivity contribution in [1.82, 2.24) is 5.32 Å². The number of aliphatic hydroxyl groups excluding tert-OH is 1. The molecule has 1 aromatic rings. The molecule has 0 bridgehead atoms. The molecule has 0 atom stereocenters. The maximum absolute atomic E-state index is 12.2. The fourth-order valence-corrected chi connectivity index (χ4v) is 2.82. The van der Waals surface area contributed by atoms with Crippen LogP contribution in [-0.2, 0) is 4.79 Å². The zero-order valence-corrected chi connectivity index (χ0v) is 12.4. The molecule has 0 spiro atoms. The maximum atomic E-state index is 12.2. The number of nitrogens with zero attached hydrogens (tertiary/aromatic N) is 1. The normalized spacial score (nSPS) is 20.7. The molecule has 1 fully saturated rings. The average Bonchev–Trinajstić information content (AvgIpc) is 3.05. The van der Waals surface area contributed by atoms with Gasteiger partial charge in [-0.2, -0.15) is 0 Å². The van der Waals surface area contributed by atoms with Gasteiger partial charge in [0.05, 0.1) is 11.8 Å². The lowest BCUT2D eigenvalue weighted by Crippen LogP contribution is -2.29. The summed E-state index contributed by atoms with van der Waals surface area (Å²) in [5.74, 6) is 1.02. The predicted molar refractivity (Wildman–Crippen MR) is 84.9 cm³/mol. The van der Waals surface area contributed by atoms with Crippen LogP contribution in [0.5, 0.6) is 0 Å². The van der Waals surface area contributed by atoms with E-state index < -0.39 is 0 Å². The fraction of sp³-hybridized carbons (Fsp3) is 0.412. The average molecular weight is 300 g/mol. The summed E-state index contributed by atoms with van der Waals surface area (Å²) < 4.78 is 5.27. The highest BCUT2D eigenvalue weighted by Gasteiger charge is 2.22. The molecule has 0 amide bonds. The zero-order valence-electron chi connectivity index (χ0n) is 12.4. The summed E-state index contributed by atoms with van der Waals surface area (Å²) in [5, 5.41) is 13.4. The van der Waals surface area contributed by atoms with Gasteiger partial charge in [-0.1, -0.05) is 0 Å². The molecule has 0 radical (unpaired) electrons. The van der Waals surface area contributed by atoms with Gasteiger partial charge in [0.2, 0.25) is 0 Å². The highest BCUT2D eigenvalue weighted by atomic mass is 16.3. The first-order chi connectivity index (χ1) is 10.7. The third-order valence-electron chi connectivity index (χ3n) is 4.12. The van der Waals surface area contributed by atoms with Crippen molar-refractivity contribution in [2.24, 2.45) is 10.9 Å². The van der Waals surface area contributed by atoms with Gasteiger partial charge in [-0.3, -0.25) is 9.79 Å². The number of Topliss-reactive ketones (excluding diaryl/α,β-unsaturated/α-hetero) is 1. The molecule has 0 saturated carbocycles. The summed E-state index contributed by atoms with van der Waals surface area (Å²) in [6, 6.07) is 3.54. The number of aliphatic imine (C=N–C) groups is 1. The number of piperidine rings is 1. The third kappa shape index (κ3) is 3.36. The van der Waals surface area contributed by atoms with Crippen molar-refractivity contribution < 1.29 is 14.3 Å². The smallest absolute Gasteiger partial charge is 0.172 e. The molecule has 2 N–H and O–H groups in total. The van der Waals surface area contributed by atoms with E-state index >= 15 is 0 Å². The molecule has 1 aliphatic heterocycles. The van der Waals surface area contributed by atoms with Crippen molar-refractivity contribution in [3.05, 3.63) is 41.6 Å². The number of hydrogen-bond acceptors (Lipinski definition) is 5. The standard InChI is InChI=1S/C17H20N2O3/c20-15-8-13(17-2-1-7-22-17)9-16(21)14(15)11-19-10-12-3-5-18-6-4-12/h1-2,7-8,11-12,18,20H,3-6,9-10H2. The van der Waals surface area contributed by atoms with Crippen molar-refractivity contribution in [1.29, 1.82) is 0 Å². The SMILES string of the molecule is O=C1CC(c2ccco2)=CC(O)=C1C=NCC1CCNCC1. The monoisotopic (exact) mass is 300 g/mol. The summed E-state index contributed by atoms with van der Waals surface area (Å²) >= 11 is 0. The molecule has 1 aromatic heterocycles. The Bertz CT molecular complexity index is 620. The van der Waals surface area contributed by atoms with Crippen LogP contribution in [0.4, 0.5) is 0 Å². The van der Waals surface area contributed by atoms with Gasteiger partial charge in [0.25, 0.3) is 0 Å². The number of hydrogen-bond donors (Lipinski definition) is 2.